The average molecular weight is 259 g/mol. The summed E-state index contributed by atoms with van der Waals surface area (Å²) in [5.41, 5.74) is 2.64. The van der Waals surface area contributed by atoms with Crippen LogP contribution in [0.15, 0.2) is 24.5 Å². The standard InChI is InChI=1S/C13H17N5O/c1-9-11(8-17-18(9)3)7-16-13(19)10-4-5-15-12(6-10)14-2/h4-6,8H,7H2,1-3H3,(H,14,15)(H,16,19). The molecule has 0 aliphatic rings. The third kappa shape index (κ3) is 2.90. The quantitative estimate of drug-likeness (QED) is 0.862. The maximum Gasteiger partial charge on any atom is 0.251 e. The molecule has 100 valence electrons. The van der Waals surface area contributed by atoms with Crippen molar-refractivity contribution in [2.75, 3.05) is 12.4 Å². The highest BCUT2D eigenvalue weighted by Crippen LogP contribution is 2.08. The number of carbonyl (C=O) groups excluding carboxylic acids is 1. The van der Waals surface area contributed by atoms with E-state index >= 15 is 0 Å². The van der Waals surface area contributed by atoms with Crippen LogP contribution in [0, 0.1) is 6.92 Å². The molecule has 2 aromatic heterocycles. The van der Waals surface area contributed by atoms with Gasteiger partial charge in [-0.1, -0.05) is 0 Å². The SMILES string of the molecule is CNc1cc(C(=O)NCc2cnn(C)c2C)ccn1. The van der Waals surface area contributed by atoms with E-state index in [-0.39, 0.29) is 5.91 Å². The van der Waals surface area contributed by atoms with Crippen LogP contribution in [0.1, 0.15) is 21.6 Å². The van der Waals surface area contributed by atoms with E-state index in [0.717, 1.165) is 11.3 Å². The summed E-state index contributed by atoms with van der Waals surface area (Å²) >= 11 is 0. The highest BCUT2D eigenvalue weighted by atomic mass is 16.1. The molecule has 0 bridgehead atoms. The van der Waals surface area contributed by atoms with Crippen molar-refractivity contribution in [3.63, 3.8) is 0 Å². The van der Waals surface area contributed by atoms with Gasteiger partial charge in [0.25, 0.3) is 5.91 Å². The van der Waals surface area contributed by atoms with E-state index < -0.39 is 0 Å². The molecule has 6 heteroatoms. The first-order valence-electron chi connectivity index (χ1n) is 6.01. The van der Waals surface area contributed by atoms with Gasteiger partial charge in [0.1, 0.15) is 5.82 Å². The molecule has 19 heavy (non-hydrogen) atoms. The number of rotatable bonds is 4. The Hall–Kier alpha value is -2.37. The molecule has 2 heterocycles. The van der Waals surface area contributed by atoms with Crippen molar-refractivity contribution in [3.05, 3.63) is 41.3 Å². The third-order valence-electron chi connectivity index (χ3n) is 3.05. The average Bonchev–Trinajstić information content (AvgIpc) is 2.76. The van der Waals surface area contributed by atoms with Gasteiger partial charge in [0.2, 0.25) is 0 Å². The second-order valence-electron chi connectivity index (χ2n) is 4.24. The van der Waals surface area contributed by atoms with Gasteiger partial charge in [-0.25, -0.2) is 4.98 Å². The number of amides is 1. The number of hydrogen-bond donors (Lipinski definition) is 2. The zero-order valence-electron chi connectivity index (χ0n) is 11.3. The molecule has 6 nitrogen and oxygen atoms in total. The molecule has 0 spiro atoms. The van der Waals surface area contributed by atoms with Gasteiger partial charge >= 0.3 is 0 Å². The summed E-state index contributed by atoms with van der Waals surface area (Å²) in [6.07, 6.45) is 3.37. The van der Waals surface area contributed by atoms with E-state index in [4.69, 9.17) is 0 Å². The Labute approximate surface area is 111 Å². The lowest BCUT2D eigenvalue weighted by Gasteiger charge is -2.06. The van der Waals surface area contributed by atoms with Crippen LogP contribution < -0.4 is 10.6 Å². The molecular formula is C13H17N5O. The van der Waals surface area contributed by atoms with E-state index in [1.54, 1.807) is 36.3 Å². The Morgan fingerprint density at radius 1 is 1.47 bits per heavy atom. The predicted molar refractivity (Wildman–Crippen MR) is 72.9 cm³/mol. The molecule has 2 rings (SSSR count). The number of carbonyl (C=O) groups is 1. The molecule has 0 unspecified atom stereocenters. The first-order chi connectivity index (χ1) is 9.11. The van der Waals surface area contributed by atoms with Crippen LogP contribution in [-0.4, -0.2) is 27.7 Å². The first-order valence-corrected chi connectivity index (χ1v) is 6.01. The Morgan fingerprint density at radius 3 is 2.89 bits per heavy atom. The van der Waals surface area contributed by atoms with Gasteiger partial charge in [0.05, 0.1) is 6.20 Å². The van der Waals surface area contributed by atoms with Gasteiger partial charge in [-0.05, 0) is 19.1 Å². The zero-order valence-corrected chi connectivity index (χ0v) is 11.3. The second kappa shape index (κ2) is 5.51. The summed E-state index contributed by atoms with van der Waals surface area (Å²) in [6, 6.07) is 3.40. The maximum atomic E-state index is 12.0. The minimum atomic E-state index is -0.123. The molecule has 2 aromatic rings. The Kier molecular flexibility index (Phi) is 3.79. The Balaban J connectivity index is 2.03. The summed E-state index contributed by atoms with van der Waals surface area (Å²) in [5.74, 6) is 0.548. The number of aromatic nitrogens is 3. The monoisotopic (exact) mass is 259 g/mol. The summed E-state index contributed by atoms with van der Waals surface area (Å²) in [7, 11) is 3.64. The number of nitrogens with zero attached hydrogens (tertiary/aromatic N) is 3. The van der Waals surface area contributed by atoms with Crippen LogP contribution in [0.4, 0.5) is 5.82 Å². The molecule has 2 N–H and O–H groups in total. The van der Waals surface area contributed by atoms with Crippen molar-refractivity contribution in [2.45, 2.75) is 13.5 Å². The van der Waals surface area contributed by atoms with Gasteiger partial charge < -0.3 is 10.6 Å². The summed E-state index contributed by atoms with van der Waals surface area (Å²) in [6.45, 7) is 2.44. The van der Waals surface area contributed by atoms with E-state index in [9.17, 15) is 4.79 Å². The van der Waals surface area contributed by atoms with Gasteiger partial charge in [0.15, 0.2) is 0 Å². The topological polar surface area (TPSA) is 71.8 Å². The van der Waals surface area contributed by atoms with Crippen molar-refractivity contribution >= 4 is 11.7 Å². The van der Waals surface area contributed by atoms with Crippen molar-refractivity contribution in [1.29, 1.82) is 0 Å². The van der Waals surface area contributed by atoms with E-state index in [2.05, 4.69) is 20.7 Å². The fourth-order valence-corrected chi connectivity index (χ4v) is 1.70. The number of aryl methyl sites for hydroxylation is 1. The molecule has 0 radical (unpaired) electrons. The number of hydrogen-bond acceptors (Lipinski definition) is 4. The number of anilines is 1. The van der Waals surface area contributed by atoms with Crippen molar-refractivity contribution in [2.24, 2.45) is 7.05 Å². The van der Waals surface area contributed by atoms with Crippen LogP contribution in [0.2, 0.25) is 0 Å². The predicted octanol–water partition coefficient (Wildman–Crippen LogP) is 1.10. The van der Waals surface area contributed by atoms with Crippen molar-refractivity contribution in [1.82, 2.24) is 20.1 Å². The zero-order chi connectivity index (χ0) is 13.8. The van der Waals surface area contributed by atoms with E-state index in [1.807, 2.05) is 14.0 Å². The smallest absolute Gasteiger partial charge is 0.251 e. The minimum absolute atomic E-state index is 0.123. The molecular weight excluding hydrogens is 242 g/mol. The Morgan fingerprint density at radius 2 is 2.26 bits per heavy atom. The molecule has 0 aliphatic carbocycles. The van der Waals surface area contributed by atoms with Gasteiger partial charge in [-0.2, -0.15) is 5.10 Å². The second-order valence-corrected chi connectivity index (χ2v) is 4.24. The maximum absolute atomic E-state index is 12.0. The molecule has 0 atom stereocenters. The number of pyridine rings is 1. The summed E-state index contributed by atoms with van der Waals surface area (Å²) in [4.78, 5) is 16.1. The normalized spacial score (nSPS) is 10.3. The molecule has 0 fully saturated rings. The van der Waals surface area contributed by atoms with Crippen LogP contribution in [0.3, 0.4) is 0 Å². The summed E-state index contributed by atoms with van der Waals surface area (Å²) < 4.78 is 1.78. The van der Waals surface area contributed by atoms with Gasteiger partial charge in [-0.15, -0.1) is 0 Å². The van der Waals surface area contributed by atoms with Crippen molar-refractivity contribution < 1.29 is 4.79 Å². The van der Waals surface area contributed by atoms with Gasteiger partial charge in [-0.3, -0.25) is 9.48 Å². The molecule has 0 saturated carbocycles. The highest BCUT2D eigenvalue weighted by Gasteiger charge is 2.08. The molecule has 0 saturated heterocycles. The summed E-state index contributed by atoms with van der Waals surface area (Å²) in [5, 5.41) is 9.92. The van der Waals surface area contributed by atoms with Crippen LogP contribution in [-0.2, 0) is 13.6 Å². The third-order valence-corrected chi connectivity index (χ3v) is 3.05. The molecule has 0 aliphatic heterocycles. The van der Waals surface area contributed by atoms with Crippen LogP contribution in [0.5, 0.6) is 0 Å². The highest BCUT2D eigenvalue weighted by molar-refractivity contribution is 5.94. The van der Waals surface area contributed by atoms with Crippen molar-refractivity contribution in [3.8, 4) is 0 Å². The lowest BCUT2D eigenvalue weighted by atomic mass is 10.2. The van der Waals surface area contributed by atoms with E-state index in [0.29, 0.717) is 17.9 Å². The van der Waals surface area contributed by atoms with Crippen LogP contribution >= 0.6 is 0 Å². The van der Waals surface area contributed by atoms with Gasteiger partial charge in [0, 0.05) is 43.7 Å². The molecule has 0 aromatic carbocycles. The van der Waals surface area contributed by atoms with E-state index in [1.165, 1.54) is 0 Å². The van der Waals surface area contributed by atoms with Crippen LogP contribution in [0.25, 0.3) is 0 Å². The fraction of sp³-hybridized carbons (Fsp3) is 0.308. The lowest BCUT2D eigenvalue weighted by Crippen LogP contribution is -2.23. The molecule has 1 amide bonds. The number of nitrogens with one attached hydrogen (secondary N) is 2. The largest absolute Gasteiger partial charge is 0.373 e. The fourth-order valence-electron chi connectivity index (χ4n) is 1.70. The lowest BCUT2D eigenvalue weighted by molar-refractivity contribution is 0.0951. The Bertz CT molecular complexity index is 590. The first kappa shape index (κ1) is 13.1. The minimum Gasteiger partial charge on any atom is -0.373 e.